The summed E-state index contributed by atoms with van der Waals surface area (Å²) >= 11 is 0. The van der Waals surface area contributed by atoms with Gasteiger partial charge in [-0.05, 0) is 67.5 Å². The first-order chi connectivity index (χ1) is 20.4. The minimum atomic E-state index is -1.05. The van der Waals surface area contributed by atoms with Crippen molar-refractivity contribution in [3.63, 3.8) is 0 Å². The molecule has 8 nitrogen and oxygen atoms in total. The maximum Gasteiger partial charge on any atom is 0.324 e. The smallest absolute Gasteiger partial charge is 0.324 e. The monoisotopic (exact) mass is 569 g/mol. The number of benzene rings is 3. The van der Waals surface area contributed by atoms with Gasteiger partial charge >= 0.3 is 12.0 Å². The van der Waals surface area contributed by atoms with E-state index in [4.69, 9.17) is 4.74 Å². The molecule has 0 aliphatic rings. The van der Waals surface area contributed by atoms with E-state index in [0.717, 1.165) is 51.1 Å². The van der Waals surface area contributed by atoms with Gasteiger partial charge in [0.25, 0.3) is 0 Å². The lowest BCUT2D eigenvalue weighted by atomic mass is 9.95. The molecule has 1 aromatic heterocycles. The van der Waals surface area contributed by atoms with Crippen molar-refractivity contribution >= 4 is 28.8 Å². The van der Waals surface area contributed by atoms with E-state index in [1.54, 1.807) is 14.0 Å². The molecule has 0 aliphatic carbocycles. The first-order valence-corrected chi connectivity index (χ1v) is 14.5. The van der Waals surface area contributed by atoms with Gasteiger partial charge < -0.3 is 20.1 Å². The van der Waals surface area contributed by atoms with Gasteiger partial charge in [-0.3, -0.25) is 14.5 Å². The van der Waals surface area contributed by atoms with E-state index in [1.165, 1.54) is 0 Å². The lowest BCUT2D eigenvalue weighted by molar-refractivity contribution is -0.143. The summed E-state index contributed by atoms with van der Waals surface area (Å²) in [6.45, 7) is 1.87. The molecular formula is C34H39N3O5. The lowest BCUT2D eigenvalue weighted by Gasteiger charge is -2.27. The van der Waals surface area contributed by atoms with E-state index in [1.807, 2.05) is 85.1 Å². The molecule has 0 saturated carbocycles. The summed E-state index contributed by atoms with van der Waals surface area (Å²) in [6, 6.07) is 24.6. The molecule has 2 atom stereocenters. The summed E-state index contributed by atoms with van der Waals surface area (Å²) in [5.74, 6) is -1.50. The van der Waals surface area contributed by atoms with Gasteiger partial charge in [0.05, 0.1) is 19.6 Å². The number of nitrogens with zero attached hydrogens (tertiary/aromatic N) is 1. The van der Waals surface area contributed by atoms with E-state index in [9.17, 15) is 19.5 Å². The number of aromatic amines is 1. The number of imide groups is 1. The largest absolute Gasteiger partial charge is 0.497 e. The Labute approximate surface area is 246 Å². The number of rotatable bonds is 14. The standard InChI is InChI=1S/C34H39N3O5/c1-3-37(33(40)26(22-32(38)39)14-8-7-11-24-17-19-28(42-2)20-18-24)34(41)36-31(25-12-5-4-6-13-25)21-27-23-35-30-16-10-9-15-29(27)30/h4-6,9-10,12-13,15-20,23,26,31,35H,3,7-8,11,14,21-22H2,1-2H3,(H,36,41)(H,38,39). The SMILES string of the molecule is CCN(C(=O)NC(Cc1c[nH]c2ccccc12)c1ccccc1)C(=O)C(CCCCc1ccc(OC)cc1)CC(=O)O. The van der Waals surface area contributed by atoms with Gasteiger partial charge in [-0.1, -0.05) is 67.1 Å². The van der Waals surface area contributed by atoms with E-state index in [2.05, 4.69) is 10.3 Å². The molecule has 0 fully saturated rings. The second-order valence-corrected chi connectivity index (χ2v) is 10.4. The minimum absolute atomic E-state index is 0.140. The number of nitrogens with one attached hydrogen (secondary N) is 2. The van der Waals surface area contributed by atoms with Gasteiger partial charge in [-0.25, -0.2) is 4.79 Å². The minimum Gasteiger partial charge on any atom is -0.497 e. The Morgan fingerprint density at radius 1 is 0.952 bits per heavy atom. The number of H-pyrrole nitrogens is 1. The molecule has 220 valence electrons. The van der Waals surface area contributed by atoms with Gasteiger partial charge in [0, 0.05) is 29.6 Å². The van der Waals surface area contributed by atoms with Gasteiger partial charge in [0.1, 0.15) is 5.75 Å². The number of ether oxygens (including phenoxy) is 1. The molecule has 0 spiro atoms. The summed E-state index contributed by atoms with van der Waals surface area (Å²) in [5, 5.41) is 13.7. The molecule has 0 aliphatic heterocycles. The number of carbonyl (C=O) groups excluding carboxylic acids is 2. The number of carboxylic acids is 1. The summed E-state index contributed by atoms with van der Waals surface area (Å²) in [7, 11) is 1.63. The third kappa shape index (κ3) is 8.00. The highest BCUT2D eigenvalue weighted by Gasteiger charge is 2.30. The zero-order chi connectivity index (χ0) is 29.9. The number of unbranched alkanes of at least 4 members (excludes halogenated alkanes) is 1. The highest BCUT2D eigenvalue weighted by molar-refractivity contribution is 5.97. The number of carboxylic acid groups (broad SMARTS) is 1. The zero-order valence-electron chi connectivity index (χ0n) is 24.2. The topological polar surface area (TPSA) is 112 Å². The molecule has 3 aromatic carbocycles. The number of amides is 3. The second-order valence-electron chi connectivity index (χ2n) is 10.4. The molecule has 0 radical (unpaired) electrons. The van der Waals surface area contributed by atoms with Gasteiger partial charge in [0.2, 0.25) is 5.91 Å². The number of hydrogen-bond acceptors (Lipinski definition) is 4. The fraction of sp³-hybridized carbons (Fsp3) is 0.324. The Hall–Kier alpha value is -4.59. The summed E-state index contributed by atoms with van der Waals surface area (Å²) in [5.41, 5.74) is 4.13. The van der Waals surface area contributed by atoms with Crippen LogP contribution in [0.4, 0.5) is 4.79 Å². The second kappa shape index (κ2) is 14.9. The molecule has 0 saturated heterocycles. The van der Waals surface area contributed by atoms with E-state index in [0.29, 0.717) is 19.3 Å². The van der Waals surface area contributed by atoms with Crippen molar-refractivity contribution in [1.82, 2.24) is 15.2 Å². The molecule has 4 rings (SSSR count). The van der Waals surface area contributed by atoms with Gasteiger partial charge in [-0.2, -0.15) is 0 Å². The fourth-order valence-electron chi connectivity index (χ4n) is 5.34. The number of hydrogen-bond donors (Lipinski definition) is 3. The Kier molecular flexibility index (Phi) is 10.8. The number of carbonyl (C=O) groups is 3. The van der Waals surface area contributed by atoms with Gasteiger partial charge in [0.15, 0.2) is 0 Å². The lowest BCUT2D eigenvalue weighted by Crippen LogP contribution is -2.48. The first kappa shape index (κ1) is 30.4. The maximum atomic E-state index is 13.6. The van der Waals surface area contributed by atoms with Gasteiger partial charge in [-0.15, -0.1) is 0 Å². The molecule has 3 N–H and O–H groups in total. The molecule has 4 aromatic rings. The van der Waals surface area contributed by atoms with Crippen LogP contribution in [0.1, 0.15) is 55.3 Å². The number of aryl methyl sites for hydroxylation is 1. The van der Waals surface area contributed by atoms with Crippen LogP contribution in [-0.2, 0) is 22.4 Å². The summed E-state index contributed by atoms with van der Waals surface area (Å²) in [6.07, 6.45) is 4.82. The predicted octanol–water partition coefficient (Wildman–Crippen LogP) is 6.52. The Bertz CT molecular complexity index is 1470. The quantitative estimate of drug-likeness (QED) is 0.150. The molecular weight excluding hydrogens is 530 g/mol. The van der Waals surface area contributed by atoms with Crippen molar-refractivity contribution in [1.29, 1.82) is 0 Å². The fourth-order valence-corrected chi connectivity index (χ4v) is 5.34. The third-order valence-electron chi connectivity index (χ3n) is 7.62. The third-order valence-corrected chi connectivity index (χ3v) is 7.62. The Morgan fingerprint density at radius 2 is 1.67 bits per heavy atom. The van der Waals surface area contributed by atoms with Crippen molar-refractivity contribution in [3.05, 3.63) is 102 Å². The summed E-state index contributed by atoms with van der Waals surface area (Å²) < 4.78 is 5.20. The van der Waals surface area contributed by atoms with Crippen LogP contribution < -0.4 is 10.1 Å². The zero-order valence-corrected chi connectivity index (χ0v) is 24.2. The van der Waals surface area contributed by atoms with Crippen LogP contribution in [0, 0.1) is 5.92 Å². The average Bonchev–Trinajstić information content (AvgIpc) is 3.42. The highest BCUT2D eigenvalue weighted by atomic mass is 16.5. The molecule has 1 heterocycles. The molecule has 8 heteroatoms. The van der Waals surface area contributed by atoms with Crippen LogP contribution in [0.3, 0.4) is 0 Å². The van der Waals surface area contributed by atoms with Crippen LogP contribution in [0.25, 0.3) is 10.9 Å². The first-order valence-electron chi connectivity index (χ1n) is 14.5. The van der Waals surface area contributed by atoms with Crippen molar-refractivity contribution in [2.45, 2.75) is 51.5 Å². The predicted molar refractivity (Wildman–Crippen MR) is 163 cm³/mol. The van der Waals surface area contributed by atoms with E-state index >= 15 is 0 Å². The summed E-state index contributed by atoms with van der Waals surface area (Å²) in [4.78, 5) is 43.3. The molecule has 42 heavy (non-hydrogen) atoms. The molecule has 3 amide bonds. The average molecular weight is 570 g/mol. The number of urea groups is 1. The Balaban J connectivity index is 1.44. The van der Waals surface area contributed by atoms with Crippen molar-refractivity contribution < 1.29 is 24.2 Å². The van der Waals surface area contributed by atoms with Crippen LogP contribution in [-0.4, -0.2) is 46.6 Å². The number of methoxy groups -OCH3 is 1. The van der Waals surface area contributed by atoms with E-state index < -0.39 is 23.8 Å². The maximum absolute atomic E-state index is 13.6. The molecule has 2 unspecified atom stereocenters. The van der Waals surface area contributed by atoms with Crippen molar-refractivity contribution in [3.8, 4) is 5.75 Å². The molecule has 0 bridgehead atoms. The normalized spacial score (nSPS) is 12.4. The van der Waals surface area contributed by atoms with E-state index in [-0.39, 0.29) is 19.0 Å². The number of fused-ring (bicyclic) bond motifs is 1. The van der Waals surface area contributed by atoms with Crippen LogP contribution in [0.2, 0.25) is 0 Å². The number of aliphatic carboxylic acids is 1. The highest BCUT2D eigenvalue weighted by Crippen LogP contribution is 2.25. The Morgan fingerprint density at radius 3 is 2.36 bits per heavy atom. The van der Waals surface area contributed by atoms with Crippen molar-refractivity contribution in [2.24, 2.45) is 5.92 Å². The van der Waals surface area contributed by atoms with Crippen LogP contribution >= 0.6 is 0 Å². The number of para-hydroxylation sites is 1. The van der Waals surface area contributed by atoms with Crippen LogP contribution in [0.5, 0.6) is 5.75 Å². The number of aromatic nitrogens is 1. The van der Waals surface area contributed by atoms with Crippen LogP contribution in [0.15, 0.2) is 85.1 Å². The van der Waals surface area contributed by atoms with Crippen molar-refractivity contribution in [2.75, 3.05) is 13.7 Å².